The van der Waals surface area contributed by atoms with Gasteiger partial charge in [-0.15, -0.1) is 10.2 Å². The Bertz CT molecular complexity index is 835. The highest BCUT2D eigenvalue weighted by Gasteiger charge is 2.32. The number of benzene rings is 1. The molecule has 1 saturated heterocycles. The maximum atomic E-state index is 12.5. The zero-order valence-corrected chi connectivity index (χ0v) is 15.8. The van der Waals surface area contributed by atoms with E-state index in [0.717, 1.165) is 23.8 Å². The molecule has 7 nitrogen and oxygen atoms in total. The van der Waals surface area contributed by atoms with Crippen LogP contribution >= 0.6 is 11.8 Å². The molecule has 2 aliphatic rings. The summed E-state index contributed by atoms with van der Waals surface area (Å²) in [7, 11) is 0. The van der Waals surface area contributed by atoms with Crippen LogP contribution in [-0.4, -0.2) is 55.5 Å². The molecular formula is C19H22N4O3S. The Morgan fingerprint density at radius 2 is 1.93 bits per heavy atom. The van der Waals surface area contributed by atoms with Crippen LogP contribution in [0.4, 0.5) is 0 Å². The number of carboxylic acid groups (broad SMARTS) is 1. The maximum absolute atomic E-state index is 12.5. The number of hydrogen-bond acceptors (Lipinski definition) is 5. The zero-order chi connectivity index (χ0) is 18.8. The lowest BCUT2D eigenvalue weighted by Gasteiger charge is -2.15. The Morgan fingerprint density at radius 1 is 1.15 bits per heavy atom. The van der Waals surface area contributed by atoms with E-state index in [9.17, 15) is 9.59 Å². The highest BCUT2D eigenvalue weighted by molar-refractivity contribution is 7.99. The molecule has 0 spiro atoms. The molecule has 2 fully saturated rings. The van der Waals surface area contributed by atoms with Gasteiger partial charge in [-0.2, -0.15) is 0 Å². The van der Waals surface area contributed by atoms with Gasteiger partial charge in [-0.05, 0) is 24.8 Å². The van der Waals surface area contributed by atoms with Gasteiger partial charge in [0, 0.05) is 19.0 Å². The second-order valence-electron chi connectivity index (χ2n) is 7.14. The smallest absolute Gasteiger partial charge is 0.308 e. The summed E-state index contributed by atoms with van der Waals surface area (Å²) in [5.41, 5.74) is 1.18. The Balaban J connectivity index is 1.43. The molecule has 1 saturated carbocycles. The van der Waals surface area contributed by atoms with Gasteiger partial charge in [0.1, 0.15) is 5.82 Å². The highest BCUT2D eigenvalue weighted by Crippen LogP contribution is 2.40. The number of carbonyl (C=O) groups is 2. The minimum Gasteiger partial charge on any atom is -0.481 e. The van der Waals surface area contributed by atoms with Crippen LogP contribution in [0.25, 0.3) is 0 Å². The van der Waals surface area contributed by atoms with Crippen molar-refractivity contribution in [3.63, 3.8) is 0 Å². The average Bonchev–Trinajstić information content (AvgIpc) is 3.24. The number of carboxylic acids is 1. The Hall–Kier alpha value is -2.35. The van der Waals surface area contributed by atoms with Crippen molar-refractivity contribution in [2.45, 2.75) is 36.9 Å². The molecule has 1 amide bonds. The molecule has 1 aliphatic heterocycles. The van der Waals surface area contributed by atoms with E-state index >= 15 is 0 Å². The molecule has 2 aromatic rings. The number of aliphatic carboxylic acids is 1. The highest BCUT2D eigenvalue weighted by atomic mass is 32.2. The molecule has 1 atom stereocenters. The zero-order valence-electron chi connectivity index (χ0n) is 15.0. The molecule has 142 valence electrons. The van der Waals surface area contributed by atoms with Crippen LogP contribution in [0.2, 0.25) is 0 Å². The monoisotopic (exact) mass is 386 g/mol. The van der Waals surface area contributed by atoms with Crippen molar-refractivity contribution in [3.05, 3.63) is 41.7 Å². The number of carbonyl (C=O) groups excluding carboxylic acids is 1. The molecule has 1 aromatic heterocycles. The fraction of sp³-hybridized carbons (Fsp3) is 0.474. The third-order valence-electron chi connectivity index (χ3n) is 5.09. The first-order valence-electron chi connectivity index (χ1n) is 9.22. The molecule has 8 heteroatoms. The van der Waals surface area contributed by atoms with Crippen molar-refractivity contribution in [1.29, 1.82) is 0 Å². The van der Waals surface area contributed by atoms with Gasteiger partial charge in [0.2, 0.25) is 5.91 Å². The van der Waals surface area contributed by atoms with E-state index in [1.165, 1.54) is 17.3 Å². The van der Waals surface area contributed by atoms with E-state index in [4.69, 9.17) is 5.11 Å². The third kappa shape index (κ3) is 4.16. The topological polar surface area (TPSA) is 88.3 Å². The van der Waals surface area contributed by atoms with E-state index in [0.29, 0.717) is 32.0 Å². The minimum absolute atomic E-state index is 0.0361. The Morgan fingerprint density at radius 3 is 2.59 bits per heavy atom. The third-order valence-corrected chi connectivity index (χ3v) is 6.04. The normalized spacial score (nSPS) is 19.4. The Labute approximate surface area is 161 Å². The van der Waals surface area contributed by atoms with Crippen LogP contribution in [0, 0.1) is 5.92 Å². The van der Waals surface area contributed by atoms with E-state index in [2.05, 4.69) is 26.9 Å². The number of nitrogens with zero attached hydrogens (tertiary/aromatic N) is 4. The van der Waals surface area contributed by atoms with Crippen molar-refractivity contribution in [3.8, 4) is 0 Å². The van der Waals surface area contributed by atoms with Crippen LogP contribution in [-0.2, 0) is 16.1 Å². The van der Waals surface area contributed by atoms with Gasteiger partial charge in [0.25, 0.3) is 0 Å². The largest absolute Gasteiger partial charge is 0.481 e. The summed E-state index contributed by atoms with van der Waals surface area (Å²) in [5, 5.41) is 18.5. The SMILES string of the molecule is O=C(O)C1CCN(C(=O)CSc2nnc(C3CC3)n2Cc2ccccc2)C1. The van der Waals surface area contributed by atoms with Crippen LogP contribution in [0.1, 0.15) is 36.6 Å². The molecule has 1 unspecified atom stereocenters. The first-order valence-corrected chi connectivity index (χ1v) is 10.2. The van der Waals surface area contributed by atoms with Crippen molar-refractivity contribution in [2.24, 2.45) is 5.92 Å². The summed E-state index contributed by atoms with van der Waals surface area (Å²) in [4.78, 5) is 25.2. The van der Waals surface area contributed by atoms with E-state index in [-0.39, 0.29) is 11.7 Å². The van der Waals surface area contributed by atoms with Crippen molar-refractivity contribution >= 4 is 23.6 Å². The van der Waals surface area contributed by atoms with Gasteiger partial charge in [-0.3, -0.25) is 9.59 Å². The van der Waals surface area contributed by atoms with Crippen LogP contribution < -0.4 is 0 Å². The fourth-order valence-corrected chi connectivity index (χ4v) is 4.22. The summed E-state index contributed by atoms with van der Waals surface area (Å²) in [6, 6.07) is 10.2. The van der Waals surface area contributed by atoms with E-state index in [1.54, 1.807) is 4.90 Å². The second-order valence-corrected chi connectivity index (χ2v) is 8.08. The molecule has 0 radical (unpaired) electrons. The number of amides is 1. The first-order chi connectivity index (χ1) is 13.1. The second kappa shape index (κ2) is 7.72. The molecule has 1 aromatic carbocycles. The summed E-state index contributed by atoms with van der Waals surface area (Å²) in [6.45, 7) is 1.51. The van der Waals surface area contributed by atoms with E-state index in [1.807, 2.05) is 18.2 Å². The Kier molecular flexibility index (Phi) is 5.15. The molecule has 1 aliphatic carbocycles. The predicted octanol–water partition coefficient (Wildman–Crippen LogP) is 2.23. The van der Waals surface area contributed by atoms with Crippen LogP contribution in [0.3, 0.4) is 0 Å². The number of aromatic nitrogens is 3. The lowest BCUT2D eigenvalue weighted by molar-refractivity contribution is -0.141. The van der Waals surface area contributed by atoms with Gasteiger partial charge < -0.3 is 14.6 Å². The number of likely N-dealkylation sites (tertiary alicyclic amines) is 1. The molecule has 4 rings (SSSR count). The first kappa shape index (κ1) is 18.0. The summed E-state index contributed by atoms with van der Waals surface area (Å²) in [6.07, 6.45) is 2.81. The molecular weight excluding hydrogens is 364 g/mol. The lowest BCUT2D eigenvalue weighted by Crippen LogP contribution is -2.31. The van der Waals surface area contributed by atoms with Gasteiger partial charge in [0.15, 0.2) is 5.16 Å². The summed E-state index contributed by atoms with van der Waals surface area (Å²) < 4.78 is 2.12. The van der Waals surface area contributed by atoms with Crippen molar-refractivity contribution < 1.29 is 14.7 Å². The van der Waals surface area contributed by atoms with Gasteiger partial charge in [-0.1, -0.05) is 42.1 Å². The van der Waals surface area contributed by atoms with Crippen LogP contribution in [0.15, 0.2) is 35.5 Å². The fourth-order valence-electron chi connectivity index (χ4n) is 3.37. The molecule has 2 heterocycles. The predicted molar refractivity (Wildman–Crippen MR) is 101 cm³/mol. The number of rotatable bonds is 7. The minimum atomic E-state index is -0.824. The standard InChI is InChI=1S/C19H22N4O3S/c24-16(22-9-8-15(11-22)18(25)26)12-27-19-21-20-17(14-6-7-14)23(19)10-13-4-2-1-3-5-13/h1-5,14-15H,6-12H2,(H,25,26). The van der Waals surface area contributed by atoms with E-state index < -0.39 is 11.9 Å². The molecule has 1 N–H and O–H groups in total. The molecule has 27 heavy (non-hydrogen) atoms. The average molecular weight is 386 g/mol. The summed E-state index contributed by atoms with van der Waals surface area (Å²) in [5.74, 6) is 0.425. The van der Waals surface area contributed by atoms with Gasteiger partial charge in [0.05, 0.1) is 18.2 Å². The van der Waals surface area contributed by atoms with Crippen LogP contribution in [0.5, 0.6) is 0 Å². The quantitative estimate of drug-likeness (QED) is 0.734. The van der Waals surface area contributed by atoms with Gasteiger partial charge >= 0.3 is 5.97 Å². The lowest BCUT2D eigenvalue weighted by atomic mass is 10.1. The van der Waals surface area contributed by atoms with Crippen molar-refractivity contribution in [2.75, 3.05) is 18.8 Å². The number of hydrogen-bond donors (Lipinski definition) is 1. The maximum Gasteiger partial charge on any atom is 0.308 e. The number of thioether (sulfide) groups is 1. The van der Waals surface area contributed by atoms with Crippen molar-refractivity contribution in [1.82, 2.24) is 19.7 Å². The van der Waals surface area contributed by atoms with Gasteiger partial charge in [-0.25, -0.2) is 0 Å². The summed E-state index contributed by atoms with van der Waals surface area (Å²) >= 11 is 1.39. The molecule has 0 bridgehead atoms.